The number of nitrogens with zero attached hydrogens (tertiary/aromatic N) is 1. The highest BCUT2D eigenvalue weighted by Gasteiger charge is 2.23. The van der Waals surface area contributed by atoms with E-state index in [0.29, 0.717) is 50.8 Å². The summed E-state index contributed by atoms with van der Waals surface area (Å²) in [5, 5.41) is 6.79. The summed E-state index contributed by atoms with van der Waals surface area (Å²) in [4.78, 5) is 33.7. The number of benzene rings is 3. The van der Waals surface area contributed by atoms with Gasteiger partial charge in [-0.2, -0.15) is 0 Å². The molecule has 0 spiro atoms. The molecule has 0 atom stereocenters. The third-order valence-electron chi connectivity index (χ3n) is 6.15. The van der Waals surface area contributed by atoms with Crippen LogP contribution in [0.3, 0.4) is 0 Å². The summed E-state index contributed by atoms with van der Waals surface area (Å²) in [6.07, 6.45) is 4.69. The summed E-state index contributed by atoms with van der Waals surface area (Å²) in [5.74, 6) is -0.439. The minimum absolute atomic E-state index is 0.0499. The zero-order valence-electron chi connectivity index (χ0n) is 19.9. The first-order valence-electron chi connectivity index (χ1n) is 11.9. The van der Waals surface area contributed by atoms with Crippen LogP contribution >= 0.6 is 11.6 Å². The number of imidazole rings is 1. The molecule has 6 nitrogen and oxygen atoms in total. The summed E-state index contributed by atoms with van der Waals surface area (Å²) < 4.78 is 14.0. The molecule has 1 aliphatic carbocycles. The van der Waals surface area contributed by atoms with Gasteiger partial charge in [-0.3, -0.25) is 9.59 Å². The van der Waals surface area contributed by atoms with E-state index >= 15 is 0 Å². The van der Waals surface area contributed by atoms with E-state index in [0.717, 1.165) is 12.0 Å². The number of nitrogens with one attached hydrogen (secondary N) is 3. The van der Waals surface area contributed by atoms with Crippen molar-refractivity contribution >= 4 is 39.9 Å². The smallest absolute Gasteiger partial charge is 0.253 e. The molecule has 8 heteroatoms. The lowest BCUT2D eigenvalue weighted by molar-refractivity contribution is -0.113. The van der Waals surface area contributed by atoms with E-state index in [4.69, 9.17) is 11.6 Å². The number of carbonyl (C=O) groups excluding carboxylic acids is 2. The van der Waals surface area contributed by atoms with Gasteiger partial charge in [0.15, 0.2) is 5.78 Å². The zero-order chi connectivity index (χ0) is 25.8. The second kappa shape index (κ2) is 10.8. The van der Waals surface area contributed by atoms with Crippen molar-refractivity contribution in [2.24, 2.45) is 0 Å². The molecule has 3 aromatic carbocycles. The van der Waals surface area contributed by atoms with Crippen molar-refractivity contribution in [2.45, 2.75) is 19.4 Å². The van der Waals surface area contributed by atoms with Gasteiger partial charge < -0.3 is 15.6 Å². The van der Waals surface area contributed by atoms with E-state index in [9.17, 15) is 14.0 Å². The lowest BCUT2D eigenvalue weighted by atomic mass is 10.00. The molecule has 1 amide bonds. The number of aromatic nitrogens is 2. The summed E-state index contributed by atoms with van der Waals surface area (Å²) in [5.41, 5.74) is 4.00. The fourth-order valence-corrected chi connectivity index (χ4v) is 4.52. The van der Waals surface area contributed by atoms with Crippen LogP contribution < -0.4 is 10.6 Å². The standard InChI is InChI=1S/C29H24ClFN4O2/c30-20-8-3-6-18(16-20)14-15-32-23-11-5-13-25(36)26(23)28-34-24-12-4-9-21(27(24)35-28)29(37)33-17-19-7-1-2-10-22(19)31/h1-12,16,32H,13-15,17H2,(H,33,37)(H,34,35). The number of amides is 1. The van der Waals surface area contributed by atoms with Gasteiger partial charge in [-0.1, -0.05) is 54.1 Å². The van der Waals surface area contributed by atoms with Gasteiger partial charge in [0.2, 0.25) is 0 Å². The van der Waals surface area contributed by atoms with Crippen LogP contribution in [0.2, 0.25) is 5.02 Å². The monoisotopic (exact) mass is 514 g/mol. The Bertz CT molecular complexity index is 1560. The maximum absolute atomic E-state index is 14.0. The number of allylic oxidation sites excluding steroid dienone is 3. The van der Waals surface area contributed by atoms with Gasteiger partial charge in [0.1, 0.15) is 17.2 Å². The Kier molecular flexibility index (Phi) is 7.14. The summed E-state index contributed by atoms with van der Waals surface area (Å²) in [6.45, 7) is 0.648. The molecular weight excluding hydrogens is 491 g/mol. The number of hydrogen-bond acceptors (Lipinski definition) is 4. The Labute approximate surface area is 218 Å². The summed E-state index contributed by atoms with van der Waals surface area (Å²) in [7, 11) is 0. The normalized spacial score (nSPS) is 13.3. The zero-order valence-corrected chi connectivity index (χ0v) is 20.6. The second-order valence-electron chi connectivity index (χ2n) is 8.69. The molecule has 3 N–H and O–H groups in total. The number of ketones is 1. The SMILES string of the molecule is O=C1CC=CC(NCCc2cccc(Cl)c2)=C1c1nc2c(C(=O)NCc3ccccc3F)cccc2[nH]1. The Morgan fingerprint density at radius 2 is 1.92 bits per heavy atom. The van der Waals surface area contributed by atoms with Crippen LogP contribution in [0.15, 0.2) is 84.6 Å². The number of carbonyl (C=O) groups is 2. The van der Waals surface area contributed by atoms with Gasteiger partial charge in [-0.25, -0.2) is 9.37 Å². The van der Waals surface area contributed by atoms with E-state index in [1.807, 2.05) is 36.4 Å². The first-order valence-corrected chi connectivity index (χ1v) is 12.3. The molecule has 1 aromatic heterocycles. The summed E-state index contributed by atoms with van der Waals surface area (Å²) >= 11 is 6.08. The molecule has 0 saturated carbocycles. The van der Waals surface area contributed by atoms with Crippen molar-refractivity contribution in [1.29, 1.82) is 0 Å². The Morgan fingerprint density at radius 1 is 1.08 bits per heavy atom. The third kappa shape index (κ3) is 5.47. The maximum atomic E-state index is 14.0. The molecule has 5 rings (SSSR count). The van der Waals surface area contributed by atoms with Gasteiger partial charge in [-0.05, 0) is 48.4 Å². The minimum Gasteiger partial charge on any atom is -0.384 e. The Hall–Kier alpha value is -4.23. The predicted molar refractivity (Wildman–Crippen MR) is 143 cm³/mol. The number of fused-ring (bicyclic) bond motifs is 1. The quantitative estimate of drug-likeness (QED) is 0.295. The average Bonchev–Trinajstić information content (AvgIpc) is 3.32. The Morgan fingerprint density at radius 3 is 2.76 bits per heavy atom. The van der Waals surface area contributed by atoms with Crippen LogP contribution in [0.5, 0.6) is 0 Å². The molecule has 0 unspecified atom stereocenters. The highest BCUT2D eigenvalue weighted by molar-refractivity contribution is 6.30. The van der Waals surface area contributed by atoms with Crippen molar-refractivity contribution in [3.63, 3.8) is 0 Å². The molecule has 0 saturated heterocycles. The summed E-state index contributed by atoms with van der Waals surface area (Å²) in [6, 6.07) is 19.1. The molecule has 0 fully saturated rings. The van der Waals surface area contributed by atoms with Crippen LogP contribution in [0.4, 0.5) is 4.39 Å². The van der Waals surface area contributed by atoms with E-state index in [1.54, 1.807) is 36.4 Å². The molecular formula is C29H24ClFN4O2. The number of rotatable bonds is 8. The van der Waals surface area contributed by atoms with Crippen LogP contribution in [0.25, 0.3) is 16.6 Å². The van der Waals surface area contributed by atoms with Crippen molar-refractivity contribution in [1.82, 2.24) is 20.6 Å². The van der Waals surface area contributed by atoms with Gasteiger partial charge in [0.05, 0.1) is 16.7 Å². The Balaban J connectivity index is 1.39. The highest BCUT2D eigenvalue weighted by Crippen LogP contribution is 2.26. The number of Topliss-reactive ketones (excluding diaryl/α,β-unsaturated/α-hetero) is 1. The molecule has 0 aliphatic heterocycles. The minimum atomic E-state index is -0.380. The van der Waals surface area contributed by atoms with Gasteiger partial charge in [-0.15, -0.1) is 0 Å². The fourth-order valence-electron chi connectivity index (χ4n) is 4.31. The van der Waals surface area contributed by atoms with Crippen molar-refractivity contribution in [2.75, 3.05) is 6.54 Å². The first kappa shape index (κ1) is 24.5. The number of aromatic amines is 1. The lowest BCUT2D eigenvalue weighted by Crippen LogP contribution is -2.23. The van der Waals surface area contributed by atoms with Crippen LogP contribution in [0.1, 0.15) is 33.7 Å². The van der Waals surface area contributed by atoms with Gasteiger partial charge in [0, 0.05) is 35.8 Å². The van der Waals surface area contributed by atoms with E-state index < -0.39 is 0 Å². The highest BCUT2D eigenvalue weighted by atomic mass is 35.5. The number of H-pyrrole nitrogens is 1. The maximum Gasteiger partial charge on any atom is 0.253 e. The van der Waals surface area contributed by atoms with E-state index in [2.05, 4.69) is 20.6 Å². The molecule has 4 aromatic rings. The van der Waals surface area contributed by atoms with E-state index in [-0.39, 0.29) is 30.5 Å². The van der Waals surface area contributed by atoms with Crippen LogP contribution in [-0.4, -0.2) is 28.2 Å². The average molecular weight is 515 g/mol. The largest absolute Gasteiger partial charge is 0.384 e. The van der Waals surface area contributed by atoms with Gasteiger partial charge >= 0.3 is 0 Å². The topological polar surface area (TPSA) is 86.9 Å². The van der Waals surface area contributed by atoms with E-state index in [1.165, 1.54) is 6.07 Å². The number of para-hydroxylation sites is 1. The molecule has 0 radical (unpaired) electrons. The molecule has 0 bridgehead atoms. The van der Waals surface area contributed by atoms with Crippen molar-refractivity contribution in [3.05, 3.63) is 118 Å². The predicted octanol–water partition coefficient (Wildman–Crippen LogP) is 5.36. The van der Waals surface area contributed by atoms with Crippen LogP contribution in [-0.2, 0) is 17.8 Å². The lowest BCUT2D eigenvalue weighted by Gasteiger charge is -2.15. The van der Waals surface area contributed by atoms with Crippen molar-refractivity contribution < 1.29 is 14.0 Å². The van der Waals surface area contributed by atoms with Gasteiger partial charge in [0.25, 0.3) is 5.91 Å². The first-order chi connectivity index (χ1) is 18.0. The third-order valence-corrected chi connectivity index (χ3v) is 6.38. The second-order valence-corrected chi connectivity index (χ2v) is 9.12. The van der Waals surface area contributed by atoms with Crippen molar-refractivity contribution in [3.8, 4) is 0 Å². The molecule has 1 aliphatic rings. The van der Waals surface area contributed by atoms with Crippen LogP contribution in [0, 0.1) is 5.82 Å². The number of hydrogen-bond donors (Lipinski definition) is 3. The molecule has 186 valence electrons. The fraction of sp³-hybridized carbons (Fsp3) is 0.138. The molecule has 37 heavy (non-hydrogen) atoms. The molecule has 1 heterocycles. The number of halogens is 2.